The molecular formula is C17H18FN5O2S. The van der Waals surface area contributed by atoms with Gasteiger partial charge in [0.25, 0.3) is 0 Å². The lowest BCUT2D eigenvalue weighted by molar-refractivity contribution is 0.532. The molecule has 2 aromatic heterocycles. The van der Waals surface area contributed by atoms with Crippen molar-refractivity contribution in [3.8, 4) is 5.69 Å². The van der Waals surface area contributed by atoms with Crippen molar-refractivity contribution in [2.45, 2.75) is 12.2 Å². The Morgan fingerprint density at radius 1 is 1.23 bits per heavy atom. The van der Waals surface area contributed by atoms with Crippen molar-refractivity contribution in [1.29, 1.82) is 0 Å². The fraction of sp³-hybridized carbons (Fsp3) is 0.294. The van der Waals surface area contributed by atoms with Crippen LogP contribution in [0.5, 0.6) is 0 Å². The zero-order valence-electron chi connectivity index (χ0n) is 14.3. The summed E-state index contributed by atoms with van der Waals surface area (Å²) in [6, 6.07) is 7.99. The molecule has 0 bridgehead atoms. The van der Waals surface area contributed by atoms with Crippen molar-refractivity contribution in [2.75, 3.05) is 25.0 Å². The van der Waals surface area contributed by atoms with Crippen molar-refractivity contribution in [3.63, 3.8) is 0 Å². The third-order valence-corrected chi connectivity index (χ3v) is 6.49. The molecule has 0 unspecified atom stereocenters. The third kappa shape index (κ3) is 2.73. The number of aromatic nitrogens is 3. The summed E-state index contributed by atoms with van der Waals surface area (Å²) < 4.78 is 40.9. The first-order chi connectivity index (χ1) is 12.4. The van der Waals surface area contributed by atoms with Crippen molar-refractivity contribution in [2.24, 2.45) is 0 Å². The predicted molar refractivity (Wildman–Crippen MR) is 97.5 cm³/mol. The number of anilines is 1. The number of hydrogen-bond acceptors (Lipinski definition) is 5. The average Bonchev–Trinajstić information content (AvgIpc) is 2.90. The molecular weight excluding hydrogens is 357 g/mol. The highest BCUT2D eigenvalue weighted by atomic mass is 32.2. The minimum absolute atomic E-state index is 0.295. The van der Waals surface area contributed by atoms with Crippen LogP contribution in [0, 0.1) is 12.7 Å². The lowest BCUT2D eigenvalue weighted by Crippen LogP contribution is -2.57. The third-order valence-electron chi connectivity index (χ3n) is 4.75. The maximum absolute atomic E-state index is 13.1. The molecule has 3 heterocycles. The van der Waals surface area contributed by atoms with Crippen LogP contribution in [0.2, 0.25) is 0 Å². The summed E-state index contributed by atoms with van der Waals surface area (Å²) in [4.78, 5) is 6.36. The quantitative estimate of drug-likeness (QED) is 0.749. The molecule has 1 aromatic carbocycles. The highest BCUT2D eigenvalue weighted by Gasteiger charge is 2.37. The van der Waals surface area contributed by atoms with Gasteiger partial charge in [-0.15, -0.1) is 0 Å². The SMILES string of the molecule is CNS(=O)(=O)C1CN(c2cc3nn(-c4ccc(F)cc4)c(C)c3cn2)C1. The molecule has 0 saturated carbocycles. The maximum atomic E-state index is 13.1. The second kappa shape index (κ2) is 6.03. The van der Waals surface area contributed by atoms with E-state index in [1.807, 2.05) is 17.9 Å². The van der Waals surface area contributed by atoms with E-state index in [-0.39, 0.29) is 5.82 Å². The molecule has 0 atom stereocenters. The van der Waals surface area contributed by atoms with E-state index >= 15 is 0 Å². The van der Waals surface area contributed by atoms with E-state index < -0.39 is 15.3 Å². The summed E-state index contributed by atoms with van der Waals surface area (Å²) >= 11 is 0. The van der Waals surface area contributed by atoms with Crippen LogP contribution in [0.3, 0.4) is 0 Å². The van der Waals surface area contributed by atoms with Gasteiger partial charge in [-0.05, 0) is 38.2 Å². The second-order valence-electron chi connectivity index (χ2n) is 6.31. The van der Waals surface area contributed by atoms with Crippen molar-refractivity contribution >= 4 is 26.7 Å². The topological polar surface area (TPSA) is 80.1 Å². The molecule has 0 spiro atoms. The molecule has 3 aromatic rings. The molecule has 1 aliphatic heterocycles. The Balaban J connectivity index is 1.64. The van der Waals surface area contributed by atoms with Gasteiger partial charge < -0.3 is 4.90 Å². The zero-order chi connectivity index (χ0) is 18.5. The summed E-state index contributed by atoms with van der Waals surface area (Å²) in [6.07, 6.45) is 1.74. The molecule has 7 nitrogen and oxygen atoms in total. The number of hydrogen-bond donors (Lipinski definition) is 1. The van der Waals surface area contributed by atoms with Crippen LogP contribution in [0.15, 0.2) is 36.5 Å². The fourth-order valence-corrected chi connectivity index (χ4v) is 4.17. The highest BCUT2D eigenvalue weighted by Crippen LogP contribution is 2.27. The number of fused-ring (bicyclic) bond motifs is 1. The molecule has 136 valence electrons. The van der Waals surface area contributed by atoms with Crippen LogP contribution >= 0.6 is 0 Å². The summed E-state index contributed by atoms with van der Waals surface area (Å²) in [5.74, 6) is 0.403. The lowest BCUT2D eigenvalue weighted by Gasteiger charge is -2.39. The maximum Gasteiger partial charge on any atom is 0.217 e. The number of halogens is 1. The number of nitrogens with one attached hydrogen (secondary N) is 1. The lowest BCUT2D eigenvalue weighted by atomic mass is 10.2. The molecule has 1 fully saturated rings. The van der Waals surface area contributed by atoms with E-state index in [1.165, 1.54) is 19.2 Å². The zero-order valence-corrected chi connectivity index (χ0v) is 15.2. The fourth-order valence-electron chi connectivity index (χ4n) is 3.09. The number of aryl methyl sites for hydroxylation is 1. The second-order valence-corrected chi connectivity index (χ2v) is 8.47. The van der Waals surface area contributed by atoms with Gasteiger partial charge in [-0.2, -0.15) is 5.10 Å². The van der Waals surface area contributed by atoms with Gasteiger partial charge in [-0.3, -0.25) is 0 Å². The van der Waals surface area contributed by atoms with Gasteiger partial charge in [0.2, 0.25) is 10.0 Å². The first-order valence-corrected chi connectivity index (χ1v) is 9.72. The largest absolute Gasteiger partial charge is 0.354 e. The highest BCUT2D eigenvalue weighted by molar-refractivity contribution is 7.90. The van der Waals surface area contributed by atoms with Gasteiger partial charge in [0.05, 0.1) is 16.9 Å². The first kappa shape index (κ1) is 16.9. The van der Waals surface area contributed by atoms with Crippen molar-refractivity contribution in [1.82, 2.24) is 19.5 Å². The first-order valence-electron chi connectivity index (χ1n) is 8.17. The Kier molecular flexibility index (Phi) is 3.92. The van der Waals surface area contributed by atoms with Gasteiger partial charge in [0.15, 0.2) is 0 Å². The standard InChI is InChI=1S/C17H18FN5O2S/c1-11-15-8-20-17(22-9-14(10-22)26(24,25)19-2)7-16(15)21-23(11)13-5-3-12(18)4-6-13/h3-8,14,19H,9-10H2,1-2H3. The minimum atomic E-state index is -3.26. The van der Waals surface area contributed by atoms with Crippen LogP contribution in [0.1, 0.15) is 5.69 Å². The summed E-state index contributed by atoms with van der Waals surface area (Å²) in [7, 11) is -1.83. The van der Waals surface area contributed by atoms with Crippen molar-refractivity contribution in [3.05, 3.63) is 48.0 Å². The van der Waals surface area contributed by atoms with Crippen LogP contribution in [-0.2, 0) is 10.0 Å². The number of pyridine rings is 1. The number of nitrogens with zero attached hydrogens (tertiary/aromatic N) is 4. The minimum Gasteiger partial charge on any atom is -0.354 e. The van der Waals surface area contributed by atoms with Crippen molar-refractivity contribution < 1.29 is 12.8 Å². The van der Waals surface area contributed by atoms with Crippen LogP contribution in [0.25, 0.3) is 16.6 Å². The molecule has 0 aliphatic carbocycles. The monoisotopic (exact) mass is 375 g/mol. The summed E-state index contributed by atoms with van der Waals surface area (Å²) in [5.41, 5.74) is 2.44. The predicted octanol–water partition coefficient (Wildman–Crippen LogP) is 1.61. The number of sulfonamides is 1. The molecule has 26 heavy (non-hydrogen) atoms. The smallest absolute Gasteiger partial charge is 0.217 e. The molecule has 1 saturated heterocycles. The molecule has 0 amide bonds. The van der Waals surface area contributed by atoms with Crippen LogP contribution in [0.4, 0.5) is 10.2 Å². The Hall–Kier alpha value is -2.52. The Bertz CT molecular complexity index is 1070. The molecule has 9 heteroatoms. The molecule has 1 N–H and O–H groups in total. The summed E-state index contributed by atoms with van der Waals surface area (Å²) in [5, 5.41) is 5.07. The van der Waals surface area contributed by atoms with E-state index in [0.717, 1.165) is 22.3 Å². The van der Waals surface area contributed by atoms with Gasteiger partial charge in [-0.1, -0.05) is 0 Å². The average molecular weight is 375 g/mol. The van der Waals surface area contributed by atoms with E-state index in [4.69, 9.17) is 0 Å². The normalized spacial score (nSPS) is 15.4. The van der Waals surface area contributed by atoms with Gasteiger partial charge >= 0.3 is 0 Å². The molecule has 1 aliphatic rings. The number of rotatable bonds is 4. The van der Waals surface area contributed by atoms with E-state index in [2.05, 4.69) is 14.8 Å². The molecule has 0 radical (unpaired) electrons. The van der Waals surface area contributed by atoms with Crippen LogP contribution < -0.4 is 9.62 Å². The molecule has 4 rings (SSSR count). The Morgan fingerprint density at radius 3 is 2.58 bits per heavy atom. The number of benzene rings is 1. The van der Waals surface area contributed by atoms with Gasteiger partial charge in [0, 0.05) is 30.7 Å². The van der Waals surface area contributed by atoms with Gasteiger partial charge in [0.1, 0.15) is 16.9 Å². The summed E-state index contributed by atoms with van der Waals surface area (Å²) in [6.45, 7) is 2.73. The van der Waals surface area contributed by atoms with E-state index in [9.17, 15) is 12.8 Å². The van der Waals surface area contributed by atoms with Gasteiger partial charge in [-0.25, -0.2) is 27.2 Å². The Morgan fingerprint density at radius 2 is 1.92 bits per heavy atom. The Labute approximate surface area is 150 Å². The van der Waals surface area contributed by atoms with Crippen LogP contribution in [-0.4, -0.2) is 48.6 Å². The van der Waals surface area contributed by atoms with E-state index in [0.29, 0.717) is 18.9 Å². The van der Waals surface area contributed by atoms with E-state index in [1.54, 1.807) is 23.0 Å².